The maximum Gasteiger partial charge on any atom is 0.251 e. The highest BCUT2D eigenvalue weighted by molar-refractivity contribution is 5.94. The number of hydrogen-bond acceptors (Lipinski definition) is 3. The van der Waals surface area contributed by atoms with Gasteiger partial charge in [0, 0.05) is 30.1 Å². The number of H-pyrrole nitrogens is 1. The summed E-state index contributed by atoms with van der Waals surface area (Å²) in [5, 5.41) is 7.63. The summed E-state index contributed by atoms with van der Waals surface area (Å²) in [6.07, 6.45) is 4.10. The van der Waals surface area contributed by atoms with Crippen molar-refractivity contribution >= 4 is 5.91 Å². The lowest BCUT2D eigenvalue weighted by Crippen LogP contribution is -2.30. The molecule has 1 atom stereocenters. The Bertz CT molecular complexity index is 1080. The summed E-state index contributed by atoms with van der Waals surface area (Å²) in [5.74, 6) is 0.712. The zero-order valence-corrected chi connectivity index (χ0v) is 16.5. The number of aromatic nitrogens is 4. The van der Waals surface area contributed by atoms with E-state index in [-0.39, 0.29) is 11.9 Å². The fourth-order valence-corrected chi connectivity index (χ4v) is 3.43. The first-order valence-corrected chi connectivity index (χ1v) is 9.58. The molecule has 29 heavy (non-hydrogen) atoms. The highest BCUT2D eigenvalue weighted by Gasteiger charge is 2.17. The number of hydrogen-bond donors (Lipinski definition) is 2. The minimum absolute atomic E-state index is 0.120. The summed E-state index contributed by atoms with van der Waals surface area (Å²) in [6, 6.07) is 19.3. The first-order chi connectivity index (χ1) is 14.1. The Morgan fingerprint density at radius 3 is 2.48 bits per heavy atom. The van der Waals surface area contributed by atoms with Crippen LogP contribution in [0.5, 0.6) is 0 Å². The Balaban J connectivity index is 1.53. The van der Waals surface area contributed by atoms with Crippen LogP contribution in [0.15, 0.2) is 73.1 Å². The van der Waals surface area contributed by atoms with Crippen molar-refractivity contribution < 1.29 is 4.79 Å². The summed E-state index contributed by atoms with van der Waals surface area (Å²) in [7, 11) is 0. The van der Waals surface area contributed by atoms with E-state index in [1.54, 1.807) is 12.4 Å². The molecule has 6 heteroatoms. The smallest absolute Gasteiger partial charge is 0.251 e. The van der Waals surface area contributed by atoms with E-state index < -0.39 is 0 Å². The minimum Gasteiger partial charge on any atom is -0.349 e. The second-order valence-corrected chi connectivity index (χ2v) is 7.06. The number of imidazole rings is 1. The number of aryl methyl sites for hydroxylation is 2. The molecule has 1 unspecified atom stereocenters. The van der Waals surface area contributed by atoms with Crippen LogP contribution in [0.3, 0.4) is 0 Å². The molecule has 2 aromatic heterocycles. The van der Waals surface area contributed by atoms with E-state index >= 15 is 0 Å². The van der Waals surface area contributed by atoms with Crippen LogP contribution < -0.4 is 5.32 Å². The highest BCUT2D eigenvalue weighted by atomic mass is 16.1. The molecule has 2 N–H and O–H groups in total. The van der Waals surface area contributed by atoms with Crippen LogP contribution in [0, 0.1) is 13.8 Å². The number of carbonyl (C=O) groups is 1. The van der Waals surface area contributed by atoms with Crippen molar-refractivity contribution in [1.82, 2.24) is 25.1 Å². The van der Waals surface area contributed by atoms with Gasteiger partial charge in [0.25, 0.3) is 5.91 Å². The molecule has 4 aromatic rings. The van der Waals surface area contributed by atoms with E-state index in [1.807, 2.05) is 79.2 Å². The molecule has 2 aromatic carbocycles. The average Bonchev–Trinajstić information content (AvgIpc) is 3.37. The summed E-state index contributed by atoms with van der Waals surface area (Å²) in [6.45, 7) is 3.98. The Morgan fingerprint density at radius 1 is 1.10 bits per heavy atom. The number of amides is 1. The summed E-state index contributed by atoms with van der Waals surface area (Å²) in [5.41, 5.74) is 4.60. The lowest BCUT2D eigenvalue weighted by atomic mass is 10.0. The molecule has 0 aliphatic carbocycles. The second kappa shape index (κ2) is 8.14. The van der Waals surface area contributed by atoms with Crippen molar-refractivity contribution in [2.45, 2.75) is 26.3 Å². The maximum absolute atomic E-state index is 12.9. The van der Waals surface area contributed by atoms with Crippen molar-refractivity contribution in [2.24, 2.45) is 0 Å². The molecule has 0 saturated carbocycles. The van der Waals surface area contributed by atoms with E-state index in [0.717, 1.165) is 28.5 Å². The molecular weight excluding hydrogens is 362 g/mol. The second-order valence-electron chi connectivity index (χ2n) is 7.06. The van der Waals surface area contributed by atoms with E-state index in [9.17, 15) is 4.79 Å². The molecular formula is C23H23N5O. The van der Waals surface area contributed by atoms with E-state index in [0.29, 0.717) is 12.0 Å². The van der Waals surface area contributed by atoms with Crippen LogP contribution in [-0.4, -0.2) is 25.7 Å². The third kappa shape index (κ3) is 4.27. The van der Waals surface area contributed by atoms with Gasteiger partial charge in [-0.15, -0.1) is 0 Å². The first-order valence-electron chi connectivity index (χ1n) is 9.58. The molecule has 0 bridgehead atoms. The molecule has 4 rings (SSSR count). The van der Waals surface area contributed by atoms with Crippen LogP contribution in [0.4, 0.5) is 0 Å². The van der Waals surface area contributed by atoms with Crippen LogP contribution in [-0.2, 0) is 6.42 Å². The van der Waals surface area contributed by atoms with Gasteiger partial charge in [-0.2, -0.15) is 5.10 Å². The van der Waals surface area contributed by atoms with Gasteiger partial charge >= 0.3 is 0 Å². The van der Waals surface area contributed by atoms with Gasteiger partial charge in [0.05, 0.1) is 17.4 Å². The van der Waals surface area contributed by atoms with Crippen LogP contribution in [0.1, 0.15) is 39.2 Å². The molecule has 0 spiro atoms. The Labute approximate surface area is 169 Å². The maximum atomic E-state index is 12.9. The zero-order chi connectivity index (χ0) is 20.2. The van der Waals surface area contributed by atoms with E-state index in [1.165, 1.54) is 0 Å². The third-order valence-electron chi connectivity index (χ3n) is 4.84. The van der Waals surface area contributed by atoms with E-state index in [4.69, 9.17) is 0 Å². The third-order valence-corrected chi connectivity index (χ3v) is 4.84. The lowest BCUT2D eigenvalue weighted by Gasteiger charge is -2.18. The van der Waals surface area contributed by atoms with Crippen LogP contribution in [0.2, 0.25) is 0 Å². The molecule has 2 heterocycles. The highest BCUT2D eigenvalue weighted by Crippen LogP contribution is 2.18. The lowest BCUT2D eigenvalue weighted by molar-refractivity contribution is 0.0936. The first kappa shape index (κ1) is 18.7. The topological polar surface area (TPSA) is 75.6 Å². The van der Waals surface area contributed by atoms with Gasteiger partial charge in [-0.3, -0.25) is 4.79 Å². The molecule has 0 radical (unpaired) electrons. The molecule has 146 valence electrons. The SMILES string of the molecule is Cc1cc(C)n(-c2ccc(C(=O)NC(Cc3ncc[nH]3)c3ccccc3)cc2)n1. The summed E-state index contributed by atoms with van der Waals surface area (Å²) >= 11 is 0. The number of nitrogens with zero attached hydrogens (tertiary/aromatic N) is 3. The van der Waals surface area contributed by atoms with Gasteiger partial charge in [-0.05, 0) is 49.7 Å². The Morgan fingerprint density at radius 2 is 1.86 bits per heavy atom. The van der Waals surface area contributed by atoms with Crippen molar-refractivity contribution in [3.05, 3.63) is 101 Å². The predicted molar refractivity (Wildman–Crippen MR) is 112 cm³/mol. The van der Waals surface area contributed by atoms with Crippen LogP contribution in [0.25, 0.3) is 5.69 Å². The van der Waals surface area contributed by atoms with Gasteiger partial charge in [0.1, 0.15) is 5.82 Å². The average molecular weight is 385 g/mol. The predicted octanol–water partition coefficient (Wildman–Crippen LogP) is 3.93. The number of rotatable bonds is 6. The van der Waals surface area contributed by atoms with Crippen molar-refractivity contribution in [3.8, 4) is 5.69 Å². The summed E-state index contributed by atoms with van der Waals surface area (Å²) in [4.78, 5) is 20.3. The van der Waals surface area contributed by atoms with E-state index in [2.05, 4.69) is 20.4 Å². The van der Waals surface area contributed by atoms with Crippen molar-refractivity contribution in [3.63, 3.8) is 0 Å². The van der Waals surface area contributed by atoms with Gasteiger partial charge in [0.15, 0.2) is 0 Å². The van der Waals surface area contributed by atoms with Gasteiger partial charge in [0.2, 0.25) is 0 Å². The van der Waals surface area contributed by atoms with Gasteiger partial charge in [-0.25, -0.2) is 9.67 Å². The Kier molecular flexibility index (Phi) is 5.24. The minimum atomic E-state index is -0.175. The molecule has 0 fully saturated rings. The van der Waals surface area contributed by atoms with Gasteiger partial charge < -0.3 is 10.3 Å². The number of benzene rings is 2. The largest absolute Gasteiger partial charge is 0.349 e. The fourth-order valence-electron chi connectivity index (χ4n) is 3.43. The number of aromatic amines is 1. The normalized spacial score (nSPS) is 11.9. The quantitative estimate of drug-likeness (QED) is 0.528. The number of carbonyl (C=O) groups excluding carboxylic acids is 1. The number of nitrogens with one attached hydrogen (secondary N) is 2. The molecule has 1 amide bonds. The molecule has 0 saturated heterocycles. The molecule has 6 nitrogen and oxygen atoms in total. The van der Waals surface area contributed by atoms with Crippen molar-refractivity contribution in [2.75, 3.05) is 0 Å². The molecule has 0 aliphatic heterocycles. The fraction of sp³-hybridized carbons (Fsp3) is 0.174. The van der Waals surface area contributed by atoms with Gasteiger partial charge in [-0.1, -0.05) is 30.3 Å². The monoisotopic (exact) mass is 385 g/mol. The summed E-state index contributed by atoms with van der Waals surface area (Å²) < 4.78 is 1.88. The van der Waals surface area contributed by atoms with Crippen molar-refractivity contribution in [1.29, 1.82) is 0 Å². The standard InChI is InChI=1S/C23H23N5O/c1-16-14-17(2)28(27-16)20-10-8-19(9-11-20)23(29)26-21(15-22-24-12-13-25-22)18-6-4-3-5-7-18/h3-14,21H,15H2,1-2H3,(H,24,25)(H,26,29). The molecule has 0 aliphatic rings. The van der Waals surface area contributed by atoms with Crippen LogP contribution >= 0.6 is 0 Å². The zero-order valence-electron chi connectivity index (χ0n) is 16.5. The Hall–Kier alpha value is -3.67.